The molecule has 0 bridgehead atoms. The minimum atomic E-state index is -4.73. The lowest BCUT2D eigenvalue weighted by molar-refractivity contribution is -0.274. The molecule has 1 aliphatic rings. The first-order valence-electron chi connectivity index (χ1n) is 8.46. The number of amides is 1. The quantitative estimate of drug-likeness (QED) is 0.882. The number of aromatic nitrogens is 2. The van der Waals surface area contributed by atoms with E-state index < -0.39 is 6.36 Å². The second-order valence-electron chi connectivity index (χ2n) is 6.45. The number of hydrogen-bond donors (Lipinski definition) is 1. The molecule has 1 fully saturated rings. The largest absolute Gasteiger partial charge is 0.573 e. The van der Waals surface area contributed by atoms with E-state index in [1.807, 2.05) is 4.90 Å². The lowest BCUT2D eigenvalue weighted by atomic mass is 9.96. The Morgan fingerprint density at radius 1 is 1.22 bits per heavy atom. The van der Waals surface area contributed by atoms with E-state index in [0.717, 1.165) is 0 Å². The van der Waals surface area contributed by atoms with Crippen molar-refractivity contribution < 1.29 is 22.7 Å². The fourth-order valence-corrected chi connectivity index (χ4v) is 3.12. The van der Waals surface area contributed by atoms with Crippen LogP contribution in [0.3, 0.4) is 0 Å². The molecule has 0 radical (unpaired) electrons. The molecule has 0 saturated carbocycles. The number of rotatable bonds is 4. The Morgan fingerprint density at radius 3 is 2.52 bits per heavy atom. The number of ether oxygens (including phenoxy) is 1. The molecular weight excluding hydrogens is 361 g/mol. The van der Waals surface area contributed by atoms with Crippen LogP contribution in [0.2, 0.25) is 0 Å². The average Bonchev–Trinajstić information content (AvgIpc) is 2.62. The average molecular weight is 380 g/mol. The number of benzene rings is 1. The van der Waals surface area contributed by atoms with E-state index in [9.17, 15) is 18.0 Å². The number of aryl methyl sites for hydroxylation is 1. The van der Waals surface area contributed by atoms with Crippen LogP contribution in [0.1, 0.15) is 18.4 Å². The molecule has 3 rings (SSSR count). The number of halogens is 3. The molecule has 2 heterocycles. The molecule has 1 aromatic heterocycles. The van der Waals surface area contributed by atoms with Crippen LogP contribution in [0.5, 0.6) is 5.75 Å². The molecule has 2 N–H and O–H groups in total. The molecule has 144 valence electrons. The number of carbonyl (C=O) groups excluding carboxylic acids is 1. The Hall–Kier alpha value is -2.84. The summed E-state index contributed by atoms with van der Waals surface area (Å²) in [7, 11) is 0. The molecule has 1 aliphatic heterocycles. The summed E-state index contributed by atoms with van der Waals surface area (Å²) >= 11 is 0. The Bertz CT molecular complexity index is 834. The number of anilines is 1. The van der Waals surface area contributed by atoms with E-state index >= 15 is 0 Å². The summed E-state index contributed by atoms with van der Waals surface area (Å²) in [5, 5.41) is 0. The first-order valence-corrected chi connectivity index (χ1v) is 8.46. The van der Waals surface area contributed by atoms with Crippen molar-refractivity contribution in [3.05, 3.63) is 36.2 Å². The van der Waals surface area contributed by atoms with Gasteiger partial charge in [-0.3, -0.25) is 4.79 Å². The lowest BCUT2D eigenvalue weighted by Gasteiger charge is -2.31. The molecule has 9 heteroatoms. The van der Waals surface area contributed by atoms with Crippen LogP contribution in [0.25, 0.3) is 11.3 Å². The van der Waals surface area contributed by atoms with Crippen molar-refractivity contribution in [2.45, 2.75) is 26.1 Å². The number of nitrogens with two attached hydrogens (primary N) is 1. The van der Waals surface area contributed by atoms with Crippen molar-refractivity contribution in [2.75, 3.05) is 18.0 Å². The summed E-state index contributed by atoms with van der Waals surface area (Å²) in [4.78, 5) is 21.8. The van der Waals surface area contributed by atoms with E-state index in [-0.39, 0.29) is 17.6 Å². The van der Waals surface area contributed by atoms with Crippen molar-refractivity contribution in [1.82, 2.24) is 9.97 Å². The summed E-state index contributed by atoms with van der Waals surface area (Å²) in [5.74, 6) is 0.0614. The van der Waals surface area contributed by atoms with Gasteiger partial charge in [0, 0.05) is 30.6 Å². The molecule has 27 heavy (non-hydrogen) atoms. The maximum atomic E-state index is 12.4. The van der Waals surface area contributed by atoms with Gasteiger partial charge in [-0.15, -0.1) is 13.2 Å². The number of nitrogens with zero attached hydrogens (tertiary/aromatic N) is 3. The fourth-order valence-electron chi connectivity index (χ4n) is 3.12. The first-order chi connectivity index (χ1) is 12.7. The molecule has 1 amide bonds. The van der Waals surface area contributed by atoms with Gasteiger partial charge in [0.15, 0.2) is 0 Å². The number of alkyl halides is 3. The van der Waals surface area contributed by atoms with Gasteiger partial charge in [0.25, 0.3) is 0 Å². The van der Waals surface area contributed by atoms with Crippen LogP contribution < -0.4 is 15.4 Å². The predicted molar refractivity (Wildman–Crippen MR) is 93.0 cm³/mol. The van der Waals surface area contributed by atoms with Gasteiger partial charge < -0.3 is 15.4 Å². The van der Waals surface area contributed by atoms with E-state index in [1.54, 1.807) is 19.1 Å². The van der Waals surface area contributed by atoms with Gasteiger partial charge in [0.1, 0.15) is 17.9 Å². The number of carbonyl (C=O) groups is 1. The van der Waals surface area contributed by atoms with Gasteiger partial charge in [-0.25, -0.2) is 9.97 Å². The third-order valence-corrected chi connectivity index (χ3v) is 4.57. The molecule has 2 aromatic rings. The zero-order valence-corrected chi connectivity index (χ0v) is 14.7. The number of hydrogen-bond acceptors (Lipinski definition) is 5. The van der Waals surface area contributed by atoms with Gasteiger partial charge in [0.05, 0.1) is 5.69 Å². The van der Waals surface area contributed by atoms with E-state index in [0.29, 0.717) is 48.6 Å². The SMILES string of the molecule is Cc1cc(-c2cc(N3CCC(C(N)=O)CC3)ncn2)ccc1OC(F)(F)F. The summed E-state index contributed by atoms with van der Waals surface area (Å²) in [5.41, 5.74) is 6.97. The Labute approximate surface area is 154 Å². The van der Waals surface area contributed by atoms with Crippen molar-refractivity contribution in [3.63, 3.8) is 0 Å². The Balaban J connectivity index is 1.78. The topological polar surface area (TPSA) is 81.3 Å². The monoisotopic (exact) mass is 380 g/mol. The molecule has 6 nitrogen and oxygen atoms in total. The van der Waals surface area contributed by atoms with Crippen molar-refractivity contribution in [2.24, 2.45) is 11.7 Å². The van der Waals surface area contributed by atoms with Crippen LogP contribution in [0, 0.1) is 12.8 Å². The second-order valence-corrected chi connectivity index (χ2v) is 6.45. The molecular formula is C18H19F3N4O2. The number of piperidine rings is 1. The van der Waals surface area contributed by atoms with E-state index in [4.69, 9.17) is 5.73 Å². The number of primary amides is 1. The summed E-state index contributed by atoms with van der Waals surface area (Å²) < 4.78 is 41.2. The van der Waals surface area contributed by atoms with Crippen LogP contribution in [0.4, 0.5) is 19.0 Å². The van der Waals surface area contributed by atoms with Crippen molar-refractivity contribution >= 4 is 11.7 Å². The zero-order valence-electron chi connectivity index (χ0n) is 14.7. The van der Waals surface area contributed by atoms with Crippen LogP contribution >= 0.6 is 0 Å². The van der Waals surface area contributed by atoms with Crippen molar-refractivity contribution in [3.8, 4) is 17.0 Å². The maximum Gasteiger partial charge on any atom is 0.573 e. The lowest BCUT2D eigenvalue weighted by Crippen LogP contribution is -2.38. The van der Waals surface area contributed by atoms with E-state index in [1.165, 1.54) is 18.5 Å². The minimum Gasteiger partial charge on any atom is -0.406 e. The van der Waals surface area contributed by atoms with Crippen LogP contribution in [-0.2, 0) is 4.79 Å². The van der Waals surface area contributed by atoms with Gasteiger partial charge in [0.2, 0.25) is 5.91 Å². The van der Waals surface area contributed by atoms with Gasteiger partial charge >= 0.3 is 6.36 Å². The zero-order chi connectivity index (χ0) is 19.6. The Morgan fingerprint density at radius 2 is 1.93 bits per heavy atom. The molecule has 0 aliphatic carbocycles. The van der Waals surface area contributed by atoms with Crippen LogP contribution in [0.15, 0.2) is 30.6 Å². The molecule has 0 unspecified atom stereocenters. The summed E-state index contributed by atoms with van der Waals surface area (Å²) in [6.07, 6.45) is -1.99. The summed E-state index contributed by atoms with van der Waals surface area (Å²) in [6, 6.07) is 6.17. The minimum absolute atomic E-state index is 0.119. The van der Waals surface area contributed by atoms with Gasteiger partial charge in [-0.05, 0) is 43.5 Å². The summed E-state index contributed by atoms with van der Waals surface area (Å²) in [6.45, 7) is 2.85. The van der Waals surface area contributed by atoms with E-state index in [2.05, 4.69) is 14.7 Å². The first kappa shape index (κ1) is 18.9. The highest BCUT2D eigenvalue weighted by Gasteiger charge is 2.31. The van der Waals surface area contributed by atoms with Gasteiger partial charge in [-0.1, -0.05) is 0 Å². The molecule has 1 aromatic carbocycles. The molecule has 0 atom stereocenters. The molecule has 0 spiro atoms. The second kappa shape index (κ2) is 7.42. The normalized spacial score (nSPS) is 15.6. The third kappa shape index (κ3) is 4.66. The highest BCUT2D eigenvalue weighted by atomic mass is 19.4. The predicted octanol–water partition coefficient (Wildman–Crippen LogP) is 3.05. The standard InChI is InChI=1S/C18H19F3N4O2/c1-11-8-13(2-3-15(11)27-18(19,20)21)14-9-16(24-10-23-14)25-6-4-12(5-7-25)17(22)26/h2-3,8-10,12H,4-7H2,1H3,(H2,22,26). The molecule has 1 saturated heterocycles. The van der Waals surface area contributed by atoms with Crippen LogP contribution in [-0.4, -0.2) is 35.3 Å². The highest BCUT2D eigenvalue weighted by molar-refractivity contribution is 5.77. The third-order valence-electron chi connectivity index (χ3n) is 4.57. The smallest absolute Gasteiger partial charge is 0.406 e. The van der Waals surface area contributed by atoms with Gasteiger partial charge in [-0.2, -0.15) is 0 Å². The fraction of sp³-hybridized carbons (Fsp3) is 0.389. The highest BCUT2D eigenvalue weighted by Crippen LogP contribution is 2.30. The maximum absolute atomic E-state index is 12.4. The Kier molecular flexibility index (Phi) is 5.20. The van der Waals surface area contributed by atoms with Crippen molar-refractivity contribution in [1.29, 1.82) is 0 Å².